The number of hydrogen-bond acceptors (Lipinski definition) is 7. The number of ether oxygens (including phenoxy) is 5. The zero-order valence-corrected chi connectivity index (χ0v) is 27.5. The fraction of sp³-hybridized carbons (Fsp3) is 0.667. The van der Waals surface area contributed by atoms with Gasteiger partial charge >= 0.3 is 12.1 Å². The molecule has 2 aliphatic heterocycles. The molecule has 12 heteroatoms. The highest BCUT2D eigenvalue weighted by molar-refractivity contribution is 14.1. The Balaban J connectivity index is 1.50. The Labute approximate surface area is 276 Å². The summed E-state index contributed by atoms with van der Waals surface area (Å²) in [6, 6.07) is 3.41. The molecule has 4 rings (SSSR count). The van der Waals surface area contributed by atoms with Crippen LogP contribution in [-0.4, -0.2) is 66.9 Å². The minimum absolute atomic E-state index is 0.0334. The SMILES string of the molecule is O=C(O)CCC/C=C\C[C@@H]1[C@@H](/C=C/[C@H](COc2cc(C(F)(F)F)ccc2I)OC2CCCCO2)[C@H](OC2CCCCO2)C[C@@H]1O. The number of carboxylic acids is 1. The van der Waals surface area contributed by atoms with Crippen molar-refractivity contribution in [2.24, 2.45) is 11.8 Å². The maximum absolute atomic E-state index is 13.4. The maximum atomic E-state index is 13.4. The van der Waals surface area contributed by atoms with Crippen molar-refractivity contribution in [2.75, 3.05) is 19.8 Å². The van der Waals surface area contributed by atoms with E-state index in [4.69, 9.17) is 28.8 Å². The van der Waals surface area contributed by atoms with Gasteiger partial charge in [-0.3, -0.25) is 4.79 Å². The summed E-state index contributed by atoms with van der Waals surface area (Å²) < 4.78 is 70.8. The number of rotatable bonds is 15. The van der Waals surface area contributed by atoms with Gasteiger partial charge < -0.3 is 33.9 Å². The van der Waals surface area contributed by atoms with E-state index in [0.717, 1.165) is 44.2 Å². The number of unbranched alkanes of at least 4 members (excludes halogenated alkanes) is 1. The van der Waals surface area contributed by atoms with Crippen molar-refractivity contribution in [3.63, 3.8) is 0 Å². The molecule has 1 aromatic carbocycles. The van der Waals surface area contributed by atoms with Crippen molar-refractivity contribution in [1.82, 2.24) is 0 Å². The lowest BCUT2D eigenvalue weighted by Crippen LogP contribution is -2.32. The van der Waals surface area contributed by atoms with Crippen LogP contribution in [0.15, 0.2) is 42.5 Å². The predicted octanol–water partition coefficient (Wildman–Crippen LogP) is 7.27. The summed E-state index contributed by atoms with van der Waals surface area (Å²) in [5.41, 5.74) is -0.787. The zero-order chi connectivity index (χ0) is 32.2. The minimum Gasteiger partial charge on any atom is -0.489 e. The van der Waals surface area contributed by atoms with E-state index in [-0.39, 0.29) is 43.0 Å². The molecule has 8 nitrogen and oxygen atoms in total. The third kappa shape index (κ3) is 11.8. The first-order valence-corrected chi connectivity index (χ1v) is 16.9. The van der Waals surface area contributed by atoms with Gasteiger partial charge in [0.15, 0.2) is 12.6 Å². The van der Waals surface area contributed by atoms with Gasteiger partial charge in [-0.25, -0.2) is 0 Å². The summed E-state index contributed by atoms with van der Waals surface area (Å²) in [5.74, 6) is -1.06. The number of aliphatic carboxylic acids is 1. The van der Waals surface area contributed by atoms with E-state index in [1.165, 1.54) is 6.07 Å². The summed E-state index contributed by atoms with van der Waals surface area (Å²) in [7, 11) is 0. The Hall–Kier alpha value is -1.71. The van der Waals surface area contributed by atoms with Crippen molar-refractivity contribution in [1.29, 1.82) is 0 Å². The number of aliphatic hydroxyl groups is 1. The Morgan fingerprint density at radius 3 is 2.49 bits per heavy atom. The summed E-state index contributed by atoms with van der Waals surface area (Å²) in [6.45, 7) is 1.17. The van der Waals surface area contributed by atoms with Crippen LogP contribution in [0.3, 0.4) is 0 Å². The first kappa shape index (κ1) is 36.1. The first-order valence-electron chi connectivity index (χ1n) is 15.9. The first-order chi connectivity index (χ1) is 21.6. The lowest BCUT2D eigenvalue weighted by Gasteiger charge is -2.30. The number of aliphatic hydroxyl groups excluding tert-OH is 1. The largest absolute Gasteiger partial charge is 0.489 e. The second-order valence-electron chi connectivity index (χ2n) is 11.8. The molecule has 1 aliphatic carbocycles. The predicted molar refractivity (Wildman–Crippen MR) is 169 cm³/mol. The lowest BCUT2D eigenvalue weighted by molar-refractivity contribution is -0.193. The topological polar surface area (TPSA) is 104 Å². The van der Waals surface area contributed by atoms with E-state index >= 15 is 0 Å². The molecular formula is C33H44F3IO8. The van der Waals surface area contributed by atoms with Crippen LogP contribution in [0.25, 0.3) is 0 Å². The average Bonchev–Trinajstić information content (AvgIpc) is 3.30. The quantitative estimate of drug-likeness (QED) is 0.110. The van der Waals surface area contributed by atoms with Crippen LogP contribution >= 0.6 is 22.6 Å². The average molecular weight is 753 g/mol. The van der Waals surface area contributed by atoms with E-state index in [9.17, 15) is 23.1 Å². The van der Waals surface area contributed by atoms with E-state index in [1.807, 2.05) is 46.9 Å². The Morgan fingerprint density at radius 2 is 1.82 bits per heavy atom. The highest BCUT2D eigenvalue weighted by Gasteiger charge is 2.42. The molecule has 1 saturated carbocycles. The fourth-order valence-corrected chi connectivity index (χ4v) is 6.44. The van der Waals surface area contributed by atoms with Crippen LogP contribution in [0.2, 0.25) is 0 Å². The number of carboxylic acid groups (broad SMARTS) is 1. The van der Waals surface area contributed by atoms with Gasteiger partial charge in [-0.05, 0) is 104 Å². The third-order valence-electron chi connectivity index (χ3n) is 8.37. The molecule has 252 valence electrons. The van der Waals surface area contributed by atoms with Crippen molar-refractivity contribution in [3.8, 4) is 5.75 Å². The molecule has 2 saturated heterocycles. The van der Waals surface area contributed by atoms with Gasteiger partial charge in [0.2, 0.25) is 0 Å². The maximum Gasteiger partial charge on any atom is 0.416 e. The molecule has 2 unspecified atom stereocenters. The van der Waals surface area contributed by atoms with E-state index < -0.39 is 36.2 Å². The van der Waals surface area contributed by atoms with Crippen molar-refractivity contribution in [3.05, 3.63) is 51.6 Å². The van der Waals surface area contributed by atoms with E-state index in [1.54, 1.807) is 0 Å². The lowest BCUT2D eigenvalue weighted by atomic mass is 9.89. The summed E-state index contributed by atoms with van der Waals surface area (Å²) >= 11 is 1.95. The van der Waals surface area contributed by atoms with Gasteiger partial charge in [0.05, 0.1) is 21.3 Å². The summed E-state index contributed by atoms with van der Waals surface area (Å²) in [5, 5.41) is 20.0. The van der Waals surface area contributed by atoms with Crippen molar-refractivity contribution in [2.45, 2.75) is 108 Å². The number of hydrogen-bond donors (Lipinski definition) is 2. The second kappa shape index (κ2) is 18.0. The van der Waals surface area contributed by atoms with Crippen LogP contribution in [0.4, 0.5) is 13.2 Å². The molecule has 3 aliphatic rings. The van der Waals surface area contributed by atoms with Crippen molar-refractivity contribution >= 4 is 28.6 Å². The zero-order valence-electron chi connectivity index (χ0n) is 25.3. The molecule has 3 fully saturated rings. The number of benzene rings is 1. The smallest absolute Gasteiger partial charge is 0.416 e. The summed E-state index contributed by atoms with van der Waals surface area (Å²) in [4.78, 5) is 10.8. The minimum atomic E-state index is -4.49. The number of allylic oxidation sites excluding steroid dienone is 2. The van der Waals surface area contributed by atoms with Gasteiger partial charge in [-0.1, -0.05) is 24.3 Å². The van der Waals surface area contributed by atoms with Gasteiger partial charge in [-0.15, -0.1) is 0 Å². The molecule has 0 radical (unpaired) electrons. The highest BCUT2D eigenvalue weighted by Crippen LogP contribution is 2.40. The number of carbonyl (C=O) groups is 1. The fourth-order valence-electron chi connectivity index (χ4n) is 5.95. The number of halogens is 4. The molecular weight excluding hydrogens is 708 g/mol. The molecule has 0 amide bonds. The normalized spacial score (nSPS) is 28.6. The number of alkyl halides is 3. The van der Waals surface area contributed by atoms with Crippen LogP contribution < -0.4 is 4.74 Å². The Bertz CT molecular complexity index is 1120. The van der Waals surface area contributed by atoms with E-state index in [0.29, 0.717) is 48.9 Å². The molecule has 2 heterocycles. The molecule has 7 atom stereocenters. The summed E-state index contributed by atoms with van der Waals surface area (Å²) in [6.07, 6.45) is 8.55. The standard InChI is InChI=1S/C33H44F3IO8/c34-33(35,36)22-13-16-26(37)29(19-22)43-21-23(44-31-11-5-7-17-41-31)14-15-25-24(9-3-1-2-4-10-30(39)40)27(38)20-28(25)45-32-12-6-8-18-42-32/h1,3,13-16,19,23-25,27-28,31-32,38H,2,4-12,17-18,20-21H2,(H,39,40)/b3-1-,15-14+/t23-,24-,25-,27+,28-,31?,32?/m1/s1. The van der Waals surface area contributed by atoms with Crippen molar-refractivity contribution < 1.29 is 51.9 Å². The molecule has 2 N–H and O–H groups in total. The Morgan fingerprint density at radius 1 is 1.09 bits per heavy atom. The van der Waals surface area contributed by atoms with Crippen LogP contribution in [0, 0.1) is 15.4 Å². The van der Waals surface area contributed by atoms with Gasteiger partial charge in [0.25, 0.3) is 0 Å². The van der Waals surface area contributed by atoms with Gasteiger partial charge in [0, 0.05) is 32.0 Å². The van der Waals surface area contributed by atoms with Gasteiger partial charge in [-0.2, -0.15) is 13.2 Å². The highest BCUT2D eigenvalue weighted by atomic mass is 127. The second-order valence-corrected chi connectivity index (χ2v) is 13.0. The van der Waals surface area contributed by atoms with Gasteiger partial charge in [0.1, 0.15) is 18.5 Å². The monoisotopic (exact) mass is 752 g/mol. The van der Waals surface area contributed by atoms with Crippen LogP contribution in [0.1, 0.15) is 76.2 Å². The van der Waals surface area contributed by atoms with Crippen LogP contribution in [0.5, 0.6) is 5.75 Å². The molecule has 0 aromatic heterocycles. The molecule has 1 aromatic rings. The molecule has 0 spiro atoms. The Kier molecular flexibility index (Phi) is 14.5. The van der Waals surface area contributed by atoms with E-state index in [2.05, 4.69) is 0 Å². The third-order valence-corrected chi connectivity index (χ3v) is 9.26. The molecule has 45 heavy (non-hydrogen) atoms. The molecule has 0 bridgehead atoms. The van der Waals surface area contributed by atoms with Crippen LogP contribution in [-0.2, 0) is 29.9 Å².